The molecule has 0 saturated heterocycles. The third kappa shape index (κ3) is 2.11. The second-order valence-electron chi connectivity index (χ2n) is 3.95. The lowest BCUT2D eigenvalue weighted by molar-refractivity contribution is 0.414. The van der Waals surface area contributed by atoms with Crippen molar-refractivity contribution in [2.24, 2.45) is 0 Å². The molecule has 3 aromatic rings. The van der Waals surface area contributed by atoms with Gasteiger partial charge in [0.2, 0.25) is 0 Å². The van der Waals surface area contributed by atoms with E-state index >= 15 is 0 Å². The Labute approximate surface area is 109 Å². The van der Waals surface area contributed by atoms with E-state index in [1.54, 1.807) is 25.1 Å². The van der Waals surface area contributed by atoms with Crippen LogP contribution in [-0.2, 0) is 5.75 Å². The molecule has 2 aromatic heterocycles. The van der Waals surface area contributed by atoms with Crippen molar-refractivity contribution in [1.82, 2.24) is 4.98 Å². The maximum absolute atomic E-state index is 5.44. The van der Waals surface area contributed by atoms with Crippen molar-refractivity contribution in [2.45, 2.75) is 10.6 Å². The van der Waals surface area contributed by atoms with E-state index in [0.717, 1.165) is 27.5 Å². The van der Waals surface area contributed by atoms with Crippen molar-refractivity contribution in [2.75, 3.05) is 7.11 Å². The smallest absolute Gasteiger partial charge is 0.165 e. The molecule has 0 atom stereocenters. The minimum atomic E-state index is 0.888. The Morgan fingerprint density at radius 1 is 1.22 bits per heavy atom. The number of benzene rings is 1. The van der Waals surface area contributed by atoms with Gasteiger partial charge in [-0.05, 0) is 17.7 Å². The zero-order valence-corrected chi connectivity index (χ0v) is 10.8. The van der Waals surface area contributed by atoms with Crippen molar-refractivity contribution in [3.8, 4) is 5.75 Å². The van der Waals surface area contributed by atoms with E-state index in [2.05, 4.69) is 17.1 Å². The molecule has 1 N–H and O–H groups in total. The summed E-state index contributed by atoms with van der Waals surface area (Å²) < 4.78 is 10.6. The zero-order chi connectivity index (χ0) is 12.4. The summed E-state index contributed by atoms with van der Waals surface area (Å²) in [6.07, 6.45) is 3.70. The highest BCUT2D eigenvalue weighted by Crippen LogP contribution is 2.31. The summed E-state index contributed by atoms with van der Waals surface area (Å²) in [5.41, 5.74) is 3.25. The third-order valence-electron chi connectivity index (χ3n) is 2.80. The fraction of sp³-hybridized carbons (Fsp3) is 0.143. The molecule has 0 bridgehead atoms. The van der Waals surface area contributed by atoms with Crippen LogP contribution in [0.5, 0.6) is 5.75 Å². The summed E-state index contributed by atoms with van der Waals surface area (Å²) in [6.45, 7) is 0. The highest BCUT2D eigenvalue weighted by molar-refractivity contribution is 7.98. The molecule has 3 nitrogen and oxygen atoms in total. The van der Waals surface area contributed by atoms with Crippen molar-refractivity contribution in [3.05, 3.63) is 48.4 Å². The molecule has 0 radical (unpaired) electrons. The number of hydrogen-bond donors (Lipinski definition) is 1. The second kappa shape index (κ2) is 4.82. The first-order chi connectivity index (χ1) is 8.86. The van der Waals surface area contributed by atoms with Crippen LogP contribution in [-0.4, -0.2) is 12.1 Å². The Hall–Kier alpha value is -1.81. The number of aromatic nitrogens is 1. The van der Waals surface area contributed by atoms with Crippen LogP contribution in [0.4, 0.5) is 0 Å². The number of furan rings is 1. The van der Waals surface area contributed by atoms with Crippen LogP contribution < -0.4 is 4.74 Å². The highest BCUT2D eigenvalue weighted by atomic mass is 32.2. The summed E-state index contributed by atoms with van der Waals surface area (Å²) in [5, 5.41) is 0. The molecular formula is C14H13NO2S. The van der Waals surface area contributed by atoms with E-state index < -0.39 is 0 Å². The van der Waals surface area contributed by atoms with Gasteiger partial charge in [-0.25, -0.2) is 0 Å². The van der Waals surface area contributed by atoms with E-state index in [1.165, 1.54) is 5.56 Å². The Kier molecular flexibility index (Phi) is 3.02. The number of rotatable bonds is 4. The van der Waals surface area contributed by atoms with E-state index in [4.69, 9.17) is 9.15 Å². The molecule has 0 fully saturated rings. The SMILES string of the molecule is COc1ccc(CSc2c[nH]c3ccoc23)cc1. The lowest BCUT2D eigenvalue weighted by Gasteiger charge is -2.02. The third-order valence-corrected chi connectivity index (χ3v) is 3.89. The Bertz CT molecular complexity index is 639. The van der Waals surface area contributed by atoms with Crippen molar-refractivity contribution in [1.29, 1.82) is 0 Å². The quantitative estimate of drug-likeness (QED) is 0.718. The average molecular weight is 259 g/mol. The van der Waals surface area contributed by atoms with Gasteiger partial charge in [-0.15, -0.1) is 11.8 Å². The molecule has 0 aliphatic carbocycles. The number of fused-ring (bicyclic) bond motifs is 1. The normalized spacial score (nSPS) is 10.9. The minimum Gasteiger partial charge on any atom is -0.497 e. The molecular weight excluding hydrogens is 246 g/mol. The van der Waals surface area contributed by atoms with Gasteiger partial charge in [0.15, 0.2) is 5.58 Å². The lowest BCUT2D eigenvalue weighted by atomic mass is 10.2. The van der Waals surface area contributed by atoms with Crippen molar-refractivity contribution >= 4 is 22.9 Å². The maximum atomic E-state index is 5.44. The molecule has 1 aromatic carbocycles. The van der Waals surface area contributed by atoms with Gasteiger partial charge < -0.3 is 14.1 Å². The van der Waals surface area contributed by atoms with Gasteiger partial charge in [0.05, 0.1) is 23.8 Å². The first-order valence-electron chi connectivity index (χ1n) is 5.67. The average Bonchev–Trinajstić information content (AvgIpc) is 3.00. The molecule has 18 heavy (non-hydrogen) atoms. The molecule has 0 unspecified atom stereocenters. The number of ether oxygens (including phenoxy) is 1. The summed E-state index contributed by atoms with van der Waals surface area (Å²) in [6, 6.07) is 10.1. The predicted octanol–water partition coefficient (Wildman–Crippen LogP) is 4.06. The van der Waals surface area contributed by atoms with Gasteiger partial charge in [-0.2, -0.15) is 0 Å². The first-order valence-corrected chi connectivity index (χ1v) is 6.65. The Morgan fingerprint density at radius 2 is 2.06 bits per heavy atom. The van der Waals surface area contributed by atoms with Crippen molar-refractivity contribution < 1.29 is 9.15 Å². The van der Waals surface area contributed by atoms with Gasteiger partial charge in [0, 0.05) is 18.0 Å². The van der Waals surface area contributed by atoms with Crippen LogP contribution in [0.3, 0.4) is 0 Å². The summed E-state index contributed by atoms with van der Waals surface area (Å²) in [5.74, 6) is 1.80. The first kappa shape index (κ1) is 11.3. The number of thioether (sulfide) groups is 1. The minimum absolute atomic E-state index is 0.888. The van der Waals surface area contributed by atoms with Crippen molar-refractivity contribution in [3.63, 3.8) is 0 Å². The molecule has 0 spiro atoms. The van der Waals surface area contributed by atoms with Crippen LogP contribution in [0.15, 0.2) is 52.1 Å². The standard InChI is InChI=1S/C14H13NO2S/c1-16-11-4-2-10(3-5-11)9-18-13-8-15-12-6-7-17-14(12)13/h2-8,15H,9H2,1H3. The largest absolute Gasteiger partial charge is 0.497 e. The maximum Gasteiger partial charge on any atom is 0.165 e. The molecule has 0 saturated carbocycles. The molecule has 4 heteroatoms. The van der Waals surface area contributed by atoms with Crippen LogP contribution in [0.1, 0.15) is 5.56 Å². The second-order valence-corrected chi connectivity index (χ2v) is 4.97. The number of aromatic amines is 1. The molecule has 2 heterocycles. The molecule has 3 rings (SSSR count). The molecule has 92 valence electrons. The zero-order valence-electron chi connectivity index (χ0n) is 9.97. The van der Waals surface area contributed by atoms with Crippen LogP contribution in [0, 0.1) is 0 Å². The van der Waals surface area contributed by atoms with Gasteiger partial charge in [0.1, 0.15) is 5.75 Å². The fourth-order valence-corrected chi connectivity index (χ4v) is 2.76. The van der Waals surface area contributed by atoms with Crippen LogP contribution >= 0.6 is 11.8 Å². The lowest BCUT2D eigenvalue weighted by Crippen LogP contribution is -1.84. The fourth-order valence-electron chi connectivity index (χ4n) is 1.81. The van der Waals surface area contributed by atoms with Gasteiger partial charge in [-0.3, -0.25) is 0 Å². The van der Waals surface area contributed by atoms with Gasteiger partial charge >= 0.3 is 0 Å². The predicted molar refractivity (Wildman–Crippen MR) is 73.1 cm³/mol. The monoisotopic (exact) mass is 259 g/mol. The van der Waals surface area contributed by atoms with E-state index in [9.17, 15) is 0 Å². The van der Waals surface area contributed by atoms with Gasteiger partial charge in [0.25, 0.3) is 0 Å². The summed E-state index contributed by atoms with van der Waals surface area (Å²) in [4.78, 5) is 4.33. The number of H-pyrrole nitrogens is 1. The van der Waals surface area contributed by atoms with E-state index in [-0.39, 0.29) is 0 Å². The molecule has 0 aliphatic rings. The van der Waals surface area contributed by atoms with Crippen LogP contribution in [0.25, 0.3) is 11.1 Å². The molecule has 0 aliphatic heterocycles. The topological polar surface area (TPSA) is 38.2 Å². The Balaban J connectivity index is 1.72. The van der Waals surface area contributed by atoms with E-state index in [1.807, 2.05) is 24.4 Å². The van der Waals surface area contributed by atoms with Gasteiger partial charge in [-0.1, -0.05) is 12.1 Å². The summed E-state index contributed by atoms with van der Waals surface area (Å²) in [7, 11) is 1.68. The highest BCUT2D eigenvalue weighted by Gasteiger charge is 2.07. The van der Waals surface area contributed by atoms with Crippen LogP contribution in [0.2, 0.25) is 0 Å². The number of hydrogen-bond acceptors (Lipinski definition) is 3. The molecule has 0 amide bonds. The van der Waals surface area contributed by atoms with E-state index in [0.29, 0.717) is 0 Å². The summed E-state index contributed by atoms with van der Waals surface area (Å²) >= 11 is 1.76. The number of nitrogens with one attached hydrogen (secondary N) is 1. The Morgan fingerprint density at radius 3 is 2.83 bits per heavy atom. The number of methoxy groups -OCH3 is 1.